The van der Waals surface area contributed by atoms with Crippen LogP contribution in [0.5, 0.6) is 5.75 Å². The molecule has 6 heteroatoms. The number of ether oxygens (including phenoxy) is 2. The summed E-state index contributed by atoms with van der Waals surface area (Å²) in [7, 11) is 0. The smallest absolute Gasteiger partial charge is 0.227 e. The standard InChI is InChI=1S/C24H23FN2O2S/c1-16(17-8-4-2-5-9-17)27-24(26)30-15-20-13-21(25)12-19-14-28-23(29-22(19)20)18-10-6-3-7-11-18/h2-13,16,23H,14-15H2,1H3,(H2,26,27)/t16-,23-/m1/s1. The molecule has 2 N–H and O–H groups in total. The molecule has 1 heterocycles. The number of benzene rings is 3. The highest BCUT2D eigenvalue weighted by Gasteiger charge is 2.25. The fourth-order valence-electron chi connectivity index (χ4n) is 3.34. The van der Waals surface area contributed by atoms with Crippen molar-refractivity contribution in [2.75, 3.05) is 0 Å². The van der Waals surface area contributed by atoms with Crippen LogP contribution in [0.25, 0.3) is 0 Å². The van der Waals surface area contributed by atoms with Crippen molar-refractivity contribution >= 4 is 16.9 Å². The molecule has 0 unspecified atom stereocenters. The maximum absolute atomic E-state index is 14.1. The summed E-state index contributed by atoms with van der Waals surface area (Å²) in [4.78, 5) is 4.56. The molecule has 4 rings (SSSR count). The van der Waals surface area contributed by atoms with Crippen molar-refractivity contribution in [3.8, 4) is 5.75 Å². The number of hydrogen-bond acceptors (Lipinski definition) is 4. The highest BCUT2D eigenvalue weighted by molar-refractivity contribution is 8.13. The topological polar surface area (TPSA) is 56.8 Å². The molecule has 0 fully saturated rings. The van der Waals surface area contributed by atoms with Crippen molar-refractivity contribution in [3.63, 3.8) is 0 Å². The van der Waals surface area contributed by atoms with Gasteiger partial charge in [0.05, 0.1) is 12.6 Å². The highest BCUT2D eigenvalue weighted by Crippen LogP contribution is 2.38. The van der Waals surface area contributed by atoms with Crippen LogP contribution < -0.4 is 10.5 Å². The van der Waals surface area contributed by atoms with Crippen LogP contribution in [-0.2, 0) is 17.1 Å². The third-order valence-corrected chi connectivity index (χ3v) is 5.73. The van der Waals surface area contributed by atoms with E-state index in [0.717, 1.165) is 16.7 Å². The molecule has 30 heavy (non-hydrogen) atoms. The van der Waals surface area contributed by atoms with E-state index in [0.29, 0.717) is 28.8 Å². The third kappa shape index (κ3) is 4.83. The number of halogens is 1. The van der Waals surface area contributed by atoms with E-state index in [1.807, 2.05) is 67.6 Å². The van der Waals surface area contributed by atoms with Crippen molar-refractivity contribution < 1.29 is 13.9 Å². The van der Waals surface area contributed by atoms with Gasteiger partial charge in [-0.15, -0.1) is 0 Å². The maximum Gasteiger partial charge on any atom is 0.227 e. The van der Waals surface area contributed by atoms with E-state index in [9.17, 15) is 4.39 Å². The first-order chi connectivity index (χ1) is 14.6. The molecule has 3 aromatic carbocycles. The number of aliphatic imine (C=N–C) groups is 1. The van der Waals surface area contributed by atoms with Gasteiger partial charge in [-0.05, 0) is 24.6 Å². The summed E-state index contributed by atoms with van der Waals surface area (Å²) in [6.07, 6.45) is -0.517. The van der Waals surface area contributed by atoms with E-state index in [2.05, 4.69) is 4.99 Å². The Hall–Kier alpha value is -2.83. The van der Waals surface area contributed by atoms with E-state index in [1.165, 1.54) is 23.9 Å². The molecule has 4 nitrogen and oxygen atoms in total. The molecule has 1 aliphatic heterocycles. The van der Waals surface area contributed by atoms with E-state index in [1.54, 1.807) is 0 Å². The lowest BCUT2D eigenvalue weighted by Gasteiger charge is -2.28. The normalized spacial score (nSPS) is 17.1. The molecule has 0 aromatic heterocycles. The summed E-state index contributed by atoms with van der Waals surface area (Å²) in [5, 5.41) is 0.455. The monoisotopic (exact) mass is 422 g/mol. The van der Waals surface area contributed by atoms with Gasteiger partial charge in [0.25, 0.3) is 0 Å². The second-order valence-electron chi connectivity index (χ2n) is 7.07. The van der Waals surface area contributed by atoms with Crippen LogP contribution in [-0.4, -0.2) is 5.17 Å². The van der Waals surface area contributed by atoms with E-state index >= 15 is 0 Å². The third-order valence-electron chi connectivity index (χ3n) is 4.87. The molecule has 154 valence electrons. The van der Waals surface area contributed by atoms with Gasteiger partial charge in [-0.25, -0.2) is 4.39 Å². The average Bonchev–Trinajstić information content (AvgIpc) is 2.78. The van der Waals surface area contributed by atoms with E-state index < -0.39 is 6.29 Å². The Morgan fingerprint density at radius 3 is 2.57 bits per heavy atom. The quantitative estimate of drug-likeness (QED) is 0.421. The molecule has 0 radical (unpaired) electrons. The molecule has 0 saturated carbocycles. The van der Waals surface area contributed by atoms with Gasteiger partial charge in [0, 0.05) is 22.4 Å². The molecule has 0 aliphatic carbocycles. The van der Waals surface area contributed by atoms with Crippen molar-refractivity contribution in [1.82, 2.24) is 0 Å². The predicted octanol–water partition coefficient (Wildman–Crippen LogP) is 5.74. The van der Waals surface area contributed by atoms with Crippen LogP contribution in [0.1, 0.15) is 41.5 Å². The predicted molar refractivity (Wildman–Crippen MR) is 119 cm³/mol. The molecule has 0 bridgehead atoms. The minimum atomic E-state index is -0.517. The van der Waals surface area contributed by atoms with Crippen LogP contribution in [0.2, 0.25) is 0 Å². The summed E-state index contributed by atoms with van der Waals surface area (Å²) in [5.74, 6) is 0.800. The fraction of sp³-hybridized carbons (Fsp3) is 0.208. The number of amidine groups is 1. The second kappa shape index (κ2) is 9.32. The van der Waals surface area contributed by atoms with Crippen molar-refractivity contribution in [1.29, 1.82) is 0 Å². The van der Waals surface area contributed by atoms with Crippen LogP contribution in [0.15, 0.2) is 77.8 Å². The molecule has 3 aromatic rings. The molecular weight excluding hydrogens is 399 g/mol. The highest BCUT2D eigenvalue weighted by atomic mass is 32.2. The molecule has 2 atom stereocenters. The molecule has 0 saturated heterocycles. The van der Waals surface area contributed by atoms with Crippen LogP contribution in [0.4, 0.5) is 4.39 Å². The largest absolute Gasteiger partial charge is 0.460 e. The summed E-state index contributed by atoms with van der Waals surface area (Å²) >= 11 is 1.37. The van der Waals surface area contributed by atoms with Gasteiger partial charge in [0.15, 0.2) is 5.17 Å². The van der Waals surface area contributed by atoms with Gasteiger partial charge in [-0.2, -0.15) is 0 Å². The van der Waals surface area contributed by atoms with Gasteiger partial charge >= 0.3 is 0 Å². The van der Waals surface area contributed by atoms with Gasteiger partial charge in [-0.1, -0.05) is 72.4 Å². The first-order valence-electron chi connectivity index (χ1n) is 9.75. The number of nitrogens with zero attached hydrogens (tertiary/aromatic N) is 1. The lowest BCUT2D eigenvalue weighted by molar-refractivity contribution is -0.112. The molecule has 0 spiro atoms. The van der Waals surface area contributed by atoms with Crippen molar-refractivity contribution in [3.05, 3.63) is 101 Å². The fourth-order valence-corrected chi connectivity index (χ4v) is 4.10. The minimum absolute atomic E-state index is 0.0489. The molecule has 1 aliphatic rings. The first kappa shape index (κ1) is 20.4. The Kier molecular flexibility index (Phi) is 6.35. The number of nitrogens with two attached hydrogens (primary N) is 1. The zero-order valence-electron chi connectivity index (χ0n) is 16.6. The Bertz CT molecular complexity index is 1030. The molecule has 0 amide bonds. The van der Waals surface area contributed by atoms with Gasteiger partial charge < -0.3 is 15.2 Å². The Morgan fingerprint density at radius 1 is 1.13 bits per heavy atom. The van der Waals surface area contributed by atoms with Crippen molar-refractivity contribution in [2.24, 2.45) is 10.7 Å². The summed E-state index contributed by atoms with van der Waals surface area (Å²) in [5.41, 5.74) is 9.60. The number of thioether (sulfide) groups is 1. The van der Waals surface area contributed by atoms with Crippen LogP contribution in [0.3, 0.4) is 0 Å². The first-order valence-corrected chi connectivity index (χ1v) is 10.7. The van der Waals surface area contributed by atoms with E-state index in [4.69, 9.17) is 15.2 Å². The van der Waals surface area contributed by atoms with Crippen LogP contribution in [0, 0.1) is 5.82 Å². The average molecular weight is 423 g/mol. The lowest BCUT2D eigenvalue weighted by Crippen LogP contribution is -2.19. The lowest BCUT2D eigenvalue weighted by atomic mass is 10.1. The van der Waals surface area contributed by atoms with Crippen LogP contribution >= 0.6 is 11.8 Å². The zero-order chi connectivity index (χ0) is 20.9. The Morgan fingerprint density at radius 2 is 1.83 bits per heavy atom. The second-order valence-corrected chi connectivity index (χ2v) is 8.06. The Balaban J connectivity index is 1.50. The van der Waals surface area contributed by atoms with Gasteiger partial charge in [0.2, 0.25) is 6.29 Å². The summed E-state index contributed by atoms with van der Waals surface area (Å²) in [6, 6.07) is 22.6. The van der Waals surface area contributed by atoms with Gasteiger partial charge in [-0.3, -0.25) is 4.99 Å². The Labute approximate surface area is 179 Å². The number of rotatable bonds is 5. The van der Waals surface area contributed by atoms with Crippen molar-refractivity contribution in [2.45, 2.75) is 31.6 Å². The number of fused-ring (bicyclic) bond motifs is 1. The molecular formula is C24H23FN2O2S. The summed E-state index contributed by atoms with van der Waals surface area (Å²) < 4.78 is 26.0. The van der Waals surface area contributed by atoms with Gasteiger partial charge in [0.1, 0.15) is 11.6 Å². The maximum atomic E-state index is 14.1. The van der Waals surface area contributed by atoms with E-state index in [-0.39, 0.29) is 11.9 Å². The number of hydrogen-bond donors (Lipinski definition) is 1. The SMILES string of the molecule is C[C@@H](N=C(N)SCc1cc(F)cc2c1O[C@H](c1ccccc1)OC2)c1ccccc1. The minimum Gasteiger partial charge on any atom is -0.460 e. The summed E-state index contributed by atoms with van der Waals surface area (Å²) in [6.45, 7) is 2.29. The zero-order valence-corrected chi connectivity index (χ0v) is 17.4.